The number of carboxylic acid groups (broad SMARTS) is 1. The highest BCUT2D eigenvalue weighted by molar-refractivity contribution is 9.10. The van der Waals surface area contributed by atoms with Gasteiger partial charge in [-0.1, -0.05) is 30.3 Å². The smallest absolute Gasteiger partial charge is 0.322 e. The molecule has 1 heterocycles. The van der Waals surface area contributed by atoms with Gasteiger partial charge >= 0.3 is 5.97 Å². The standard InChI is InChI=1S/C13H12BrNO4S2/c14-10-6-7-20-13(10)21(18,19)15-11(12(16)17)8-9-4-2-1-3-5-9/h1-7,11,15H,8H2,(H,16,17)/t11-/m0/s1. The van der Waals surface area contributed by atoms with Crippen LogP contribution < -0.4 is 4.72 Å². The Kier molecular flexibility index (Phi) is 5.15. The van der Waals surface area contributed by atoms with Gasteiger partial charge in [0.2, 0.25) is 0 Å². The average molecular weight is 390 g/mol. The Morgan fingerprint density at radius 1 is 1.29 bits per heavy atom. The van der Waals surface area contributed by atoms with Crippen molar-refractivity contribution in [3.63, 3.8) is 0 Å². The maximum atomic E-state index is 12.2. The van der Waals surface area contributed by atoms with Gasteiger partial charge < -0.3 is 5.11 Å². The molecular formula is C13H12BrNO4S2. The van der Waals surface area contributed by atoms with Crippen molar-refractivity contribution in [3.05, 3.63) is 51.8 Å². The van der Waals surface area contributed by atoms with E-state index in [1.54, 1.807) is 35.7 Å². The van der Waals surface area contributed by atoms with Crippen LogP contribution in [0, 0.1) is 0 Å². The number of benzene rings is 1. The lowest BCUT2D eigenvalue weighted by molar-refractivity contribution is -0.138. The Morgan fingerprint density at radius 3 is 2.48 bits per heavy atom. The predicted molar refractivity (Wildman–Crippen MR) is 83.9 cm³/mol. The fraction of sp³-hybridized carbons (Fsp3) is 0.154. The first-order valence-electron chi connectivity index (χ1n) is 5.92. The molecule has 8 heteroatoms. The third kappa shape index (κ3) is 4.13. The molecule has 0 spiro atoms. The van der Waals surface area contributed by atoms with Crippen molar-refractivity contribution in [2.75, 3.05) is 0 Å². The van der Waals surface area contributed by atoms with E-state index in [9.17, 15) is 18.3 Å². The quantitative estimate of drug-likeness (QED) is 0.794. The summed E-state index contributed by atoms with van der Waals surface area (Å²) in [5.41, 5.74) is 0.748. The molecule has 21 heavy (non-hydrogen) atoms. The highest BCUT2D eigenvalue weighted by atomic mass is 79.9. The molecule has 0 saturated carbocycles. The van der Waals surface area contributed by atoms with E-state index in [4.69, 9.17) is 0 Å². The summed E-state index contributed by atoms with van der Waals surface area (Å²) in [5.74, 6) is -1.21. The van der Waals surface area contributed by atoms with Gasteiger partial charge in [-0.2, -0.15) is 4.72 Å². The lowest BCUT2D eigenvalue weighted by Gasteiger charge is -2.14. The lowest BCUT2D eigenvalue weighted by atomic mass is 10.1. The van der Waals surface area contributed by atoms with Gasteiger partial charge in [-0.15, -0.1) is 11.3 Å². The van der Waals surface area contributed by atoms with Gasteiger partial charge in [0.1, 0.15) is 10.3 Å². The van der Waals surface area contributed by atoms with Crippen LogP contribution in [0.2, 0.25) is 0 Å². The fourth-order valence-corrected chi connectivity index (χ4v) is 5.28. The second-order valence-corrected chi connectivity index (χ2v) is 7.94. The van der Waals surface area contributed by atoms with Crippen LogP contribution in [0.3, 0.4) is 0 Å². The topological polar surface area (TPSA) is 83.5 Å². The molecule has 0 unspecified atom stereocenters. The van der Waals surface area contributed by atoms with Gasteiger partial charge in [-0.05, 0) is 39.4 Å². The molecule has 1 aromatic heterocycles. The summed E-state index contributed by atoms with van der Waals surface area (Å²) in [4.78, 5) is 11.3. The minimum atomic E-state index is -3.87. The molecule has 0 amide bonds. The average Bonchev–Trinajstić information content (AvgIpc) is 2.86. The number of thiophene rings is 1. The molecular weight excluding hydrogens is 378 g/mol. The number of sulfonamides is 1. The first kappa shape index (κ1) is 16.2. The predicted octanol–water partition coefficient (Wildman–Crippen LogP) is 2.48. The minimum Gasteiger partial charge on any atom is -0.480 e. The van der Waals surface area contributed by atoms with Gasteiger partial charge in [0.05, 0.1) is 0 Å². The monoisotopic (exact) mass is 389 g/mol. The van der Waals surface area contributed by atoms with Gasteiger partial charge in [0.25, 0.3) is 10.0 Å². The molecule has 0 fully saturated rings. The Labute approximate surface area is 134 Å². The van der Waals surface area contributed by atoms with Crippen LogP contribution in [0.1, 0.15) is 5.56 Å². The van der Waals surface area contributed by atoms with Crippen molar-refractivity contribution in [1.29, 1.82) is 0 Å². The summed E-state index contributed by atoms with van der Waals surface area (Å²) in [5, 5.41) is 10.8. The zero-order valence-electron chi connectivity index (χ0n) is 10.7. The molecule has 0 aliphatic rings. The van der Waals surface area contributed by atoms with Crippen LogP contribution in [0.25, 0.3) is 0 Å². The fourth-order valence-electron chi connectivity index (χ4n) is 1.74. The summed E-state index contributed by atoms with van der Waals surface area (Å²) in [6, 6.07) is 9.26. The molecule has 0 aliphatic heterocycles. The van der Waals surface area contributed by atoms with Gasteiger partial charge in [0.15, 0.2) is 0 Å². The van der Waals surface area contributed by atoms with Crippen molar-refractivity contribution < 1.29 is 18.3 Å². The van der Waals surface area contributed by atoms with Crippen LogP contribution in [0.5, 0.6) is 0 Å². The van der Waals surface area contributed by atoms with E-state index in [0.29, 0.717) is 4.47 Å². The van der Waals surface area contributed by atoms with E-state index in [1.807, 2.05) is 6.07 Å². The maximum Gasteiger partial charge on any atom is 0.322 e. The van der Waals surface area contributed by atoms with Gasteiger partial charge in [-0.25, -0.2) is 8.42 Å². The van der Waals surface area contributed by atoms with Crippen LogP contribution >= 0.6 is 27.3 Å². The summed E-state index contributed by atoms with van der Waals surface area (Å²) in [6.07, 6.45) is 0.0817. The normalized spacial score (nSPS) is 13.0. The molecule has 5 nitrogen and oxygen atoms in total. The van der Waals surface area contributed by atoms with Gasteiger partial charge in [0, 0.05) is 4.47 Å². The molecule has 2 aromatic rings. The summed E-state index contributed by atoms with van der Waals surface area (Å²) in [6.45, 7) is 0. The van der Waals surface area contributed by atoms with Crippen LogP contribution in [-0.2, 0) is 21.2 Å². The molecule has 1 aromatic carbocycles. The summed E-state index contributed by atoms with van der Waals surface area (Å²) >= 11 is 4.17. The van der Waals surface area contributed by atoms with Crippen LogP contribution in [0.4, 0.5) is 0 Å². The highest BCUT2D eigenvalue weighted by Crippen LogP contribution is 2.27. The Hall–Kier alpha value is -1.22. The molecule has 1 atom stereocenters. The number of carbonyl (C=O) groups is 1. The zero-order valence-corrected chi connectivity index (χ0v) is 13.9. The Morgan fingerprint density at radius 2 is 1.95 bits per heavy atom. The largest absolute Gasteiger partial charge is 0.480 e. The number of carboxylic acids is 1. The first-order valence-corrected chi connectivity index (χ1v) is 9.08. The van der Waals surface area contributed by atoms with E-state index in [1.165, 1.54) is 0 Å². The molecule has 0 aliphatic carbocycles. The van der Waals surface area contributed by atoms with Crippen molar-refractivity contribution in [2.45, 2.75) is 16.7 Å². The molecule has 2 N–H and O–H groups in total. The van der Waals surface area contributed by atoms with Crippen molar-refractivity contribution in [2.24, 2.45) is 0 Å². The number of halogens is 1. The number of nitrogens with one attached hydrogen (secondary N) is 1. The minimum absolute atomic E-state index is 0.0711. The van der Waals surface area contributed by atoms with E-state index >= 15 is 0 Å². The number of rotatable bonds is 6. The Balaban J connectivity index is 2.21. The van der Waals surface area contributed by atoms with E-state index in [2.05, 4.69) is 20.7 Å². The van der Waals surface area contributed by atoms with Crippen molar-refractivity contribution in [1.82, 2.24) is 4.72 Å². The molecule has 0 bridgehead atoms. The Bertz CT molecular complexity index is 728. The molecule has 2 rings (SSSR count). The van der Waals surface area contributed by atoms with E-state index in [0.717, 1.165) is 16.9 Å². The second-order valence-electron chi connectivity index (χ2n) is 4.26. The van der Waals surface area contributed by atoms with Crippen molar-refractivity contribution in [3.8, 4) is 0 Å². The SMILES string of the molecule is O=C(O)[C@H](Cc1ccccc1)NS(=O)(=O)c1sccc1Br. The summed E-state index contributed by atoms with van der Waals surface area (Å²) in [7, 11) is -3.87. The first-order chi connectivity index (χ1) is 9.90. The third-order valence-electron chi connectivity index (χ3n) is 2.71. The maximum absolute atomic E-state index is 12.2. The van der Waals surface area contributed by atoms with E-state index < -0.39 is 22.0 Å². The lowest BCUT2D eigenvalue weighted by Crippen LogP contribution is -2.42. The number of hydrogen-bond acceptors (Lipinski definition) is 4. The van der Waals surface area contributed by atoms with E-state index in [-0.39, 0.29) is 10.6 Å². The van der Waals surface area contributed by atoms with Crippen LogP contribution in [0.15, 0.2) is 50.5 Å². The molecule has 0 radical (unpaired) electrons. The summed E-state index contributed by atoms with van der Waals surface area (Å²) < 4.78 is 27.2. The highest BCUT2D eigenvalue weighted by Gasteiger charge is 2.27. The molecule has 112 valence electrons. The second kappa shape index (κ2) is 6.69. The van der Waals surface area contributed by atoms with Crippen molar-refractivity contribution >= 4 is 43.3 Å². The number of aliphatic carboxylic acids is 1. The number of hydrogen-bond donors (Lipinski definition) is 2. The van der Waals surface area contributed by atoms with Gasteiger partial charge in [-0.3, -0.25) is 4.79 Å². The zero-order chi connectivity index (χ0) is 15.5. The third-order valence-corrected chi connectivity index (χ3v) is 6.85. The molecule has 0 saturated heterocycles. The van der Waals surface area contributed by atoms with Crippen LogP contribution in [-0.4, -0.2) is 25.5 Å².